The first-order valence-corrected chi connectivity index (χ1v) is 19.0. The predicted octanol–water partition coefficient (Wildman–Crippen LogP) is 3.59. The van der Waals surface area contributed by atoms with Crippen molar-refractivity contribution in [1.29, 1.82) is 0 Å². The van der Waals surface area contributed by atoms with Crippen molar-refractivity contribution in [3.8, 4) is 5.75 Å². The van der Waals surface area contributed by atoms with E-state index in [9.17, 15) is 24.3 Å². The van der Waals surface area contributed by atoms with Gasteiger partial charge < -0.3 is 41.5 Å². The van der Waals surface area contributed by atoms with E-state index in [0.717, 1.165) is 22.4 Å². The van der Waals surface area contributed by atoms with Gasteiger partial charge >= 0.3 is 5.97 Å². The SMILES string of the molecule is CC[C@H](C)[C@@]1(NC(=O)[C@@H](N)CCCC(=O)O)CCN([C@@H](CCc2ccccc2)C(=O)N[C@@H](Cc2ccccc2)[C@H](O)CNCc2cccc(OC)c2)C1=O. The van der Waals surface area contributed by atoms with Crippen LogP contribution in [0.25, 0.3) is 0 Å². The summed E-state index contributed by atoms with van der Waals surface area (Å²) in [6.07, 6.45) is 1.39. The Morgan fingerprint density at radius 1 is 0.944 bits per heavy atom. The Hall–Kier alpha value is -4.78. The molecular formula is C42H57N5O7. The molecule has 1 aliphatic heterocycles. The summed E-state index contributed by atoms with van der Waals surface area (Å²) >= 11 is 0. The largest absolute Gasteiger partial charge is 0.497 e. The summed E-state index contributed by atoms with van der Waals surface area (Å²) in [5.41, 5.74) is 7.83. The van der Waals surface area contributed by atoms with E-state index in [2.05, 4.69) is 16.0 Å². The van der Waals surface area contributed by atoms with Gasteiger partial charge in [0.2, 0.25) is 17.7 Å². The number of carbonyl (C=O) groups excluding carboxylic acids is 3. The van der Waals surface area contributed by atoms with Crippen molar-refractivity contribution in [2.24, 2.45) is 11.7 Å². The second kappa shape index (κ2) is 20.6. The molecule has 0 saturated carbocycles. The third kappa shape index (κ3) is 11.6. The van der Waals surface area contributed by atoms with Crippen LogP contribution in [0.5, 0.6) is 5.75 Å². The molecule has 4 rings (SSSR count). The van der Waals surface area contributed by atoms with Crippen LogP contribution in [0.2, 0.25) is 0 Å². The van der Waals surface area contributed by atoms with Crippen molar-refractivity contribution in [3.63, 3.8) is 0 Å². The smallest absolute Gasteiger partial charge is 0.303 e. The molecule has 12 nitrogen and oxygen atoms in total. The zero-order valence-electron chi connectivity index (χ0n) is 31.7. The van der Waals surface area contributed by atoms with E-state index in [0.29, 0.717) is 32.2 Å². The first-order chi connectivity index (χ1) is 26.0. The van der Waals surface area contributed by atoms with Gasteiger partial charge in [-0.25, -0.2) is 0 Å². The quantitative estimate of drug-likeness (QED) is 0.0896. The molecule has 3 amide bonds. The van der Waals surface area contributed by atoms with Crippen LogP contribution in [0.1, 0.15) is 69.1 Å². The van der Waals surface area contributed by atoms with Crippen molar-refractivity contribution in [1.82, 2.24) is 20.9 Å². The summed E-state index contributed by atoms with van der Waals surface area (Å²) in [5, 5.41) is 30.0. The second-order valence-electron chi connectivity index (χ2n) is 14.3. The molecule has 1 saturated heterocycles. The highest BCUT2D eigenvalue weighted by atomic mass is 16.5. The number of aryl methyl sites for hydroxylation is 1. The third-order valence-corrected chi connectivity index (χ3v) is 10.6. The standard InChI is InChI=1S/C42H57N5O7/c1-4-29(2)42(46-39(51)34(43)19-12-20-38(49)50)23-24-47(41(42)53)36(22-21-30-13-7-5-8-14-30)40(52)45-35(26-31-15-9-6-10-16-31)37(48)28-44-27-32-17-11-18-33(25-32)54-3/h5-11,13-18,25,29,34-37,44,48H,4,12,19-24,26-28,43H2,1-3H3,(H,45,52)(H,46,51)(H,49,50)/t29-,34-,35-,36-,37+,42-/m0/s1. The maximum absolute atomic E-state index is 14.6. The van der Waals surface area contributed by atoms with Crippen LogP contribution in [0.4, 0.5) is 0 Å². The van der Waals surface area contributed by atoms with Gasteiger partial charge in [0.15, 0.2) is 0 Å². The molecule has 0 aromatic heterocycles. The number of hydrogen-bond acceptors (Lipinski definition) is 8. The van der Waals surface area contributed by atoms with Crippen LogP contribution >= 0.6 is 0 Å². The zero-order chi connectivity index (χ0) is 39.1. The van der Waals surface area contributed by atoms with Crippen molar-refractivity contribution < 1.29 is 34.1 Å². The van der Waals surface area contributed by atoms with E-state index in [1.54, 1.807) is 12.0 Å². The van der Waals surface area contributed by atoms with Crippen molar-refractivity contribution >= 4 is 23.7 Å². The highest BCUT2D eigenvalue weighted by Crippen LogP contribution is 2.35. The number of ether oxygens (including phenoxy) is 1. The predicted molar refractivity (Wildman–Crippen MR) is 207 cm³/mol. The van der Waals surface area contributed by atoms with Crippen LogP contribution in [0, 0.1) is 5.92 Å². The van der Waals surface area contributed by atoms with Gasteiger partial charge in [-0.1, -0.05) is 93.1 Å². The molecule has 1 aliphatic rings. The lowest BCUT2D eigenvalue weighted by molar-refractivity contribution is -0.144. The van der Waals surface area contributed by atoms with E-state index >= 15 is 0 Å². The summed E-state index contributed by atoms with van der Waals surface area (Å²) in [7, 11) is 1.61. The summed E-state index contributed by atoms with van der Waals surface area (Å²) in [6, 6.07) is 24.5. The average molecular weight is 744 g/mol. The highest BCUT2D eigenvalue weighted by Gasteiger charge is 2.53. The lowest BCUT2D eigenvalue weighted by Gasteiger charge is -2.37. The fourth-order valence-corrected chi connectivity index (χ4v) is 7.12. The number of nitrogens with two attached hydrogens (primary N) is 1. The summed E-state index contributed by atoms with van der Waals surface area (Å²) < 4.78 is 5.34. The molecule has 6 atom stereocenters. The normalized spacial score (nSPS) is 18.3. The van der Waals surface area contributed by atoms with Gasteiger partial charge in [-0.15, -0.1) is 0 Å². The first kappa shape index (κ1) is 42.0. The number of aliphatic hydroxyl groups is 1. The van der Waals surface area contributed by atoms with Crippen LogP contribution in [0.3, 0.4) is 0 Å². The fraction of sp³-hybridized carbons (Fsp3) is 0.476. The van der Waals surface area contributed by atoms with E-state index in [1.165, 1.54) is 0 Å². The Balaban J connectivity index is 1.57. The highest BCUT2D eigenvalue weighted by molar-refractivity contribution is 5.97. The Labute approximate surface area is 318 Å². The molecule has 0 spiro atoms. The molecule has 1 heterocycles. The van der Waals surface area contributed by atoms with Gasteiger partial charge in [-0.05, 0) is 73.3 Å². The van der Waals surface area contributed by atoms with Crippen molar-refractivity contribution in [3.05, 3.63) is 102 Å². The topological polar surface area (TPSA) is 183 Å². The molecule has 3 aromatic rings. The number of amides is 3. The van der Waals surface area contributed by atoms with E-state index in [-0.39, 0.29) is 56.5 Å². The lowest BCUT2D eigenvalue weighted by Crippen LogP contribution is -2.63. The number of carboxylic acid groups (broad SMARTS) is 1. The molecule has 0 aliphatic carbocycles. The number of carbonyl (C=O) groups is 4. The number of aliphatic hydroxyl groups excluding tert-OH is 1. The third-order valence-electron chi connectivity index (χ3n) is 10.6. The molecule has 0 bridgehead atoms. The van der Waals surface area contributed by atoms with Crippen LogP contribution in [-0.2, 0) is 38.6 Å². The molecule has 1 fully saturated rings. The van der Waals surface area contributed by atoms with E-state index in [1.807, 2.05) is 98.8 Å². The van der Waals surface area contributed by atoms with Crippen molar-refractivity contribution in [2.45, 2.75) is 102 Å². The lowest BCUT2D eigenvalue weighted by atomic mass is 9.81. The molecule has 54 heavy (non-hydrogen) atoms. The fourth-order valence-electron chi connectivity index (χ4n) is 7.12. The minimum Gasteiger partial charge on any atom is -0.497 e. The second-order valence-corrected chi connectivity index (χ2v) is 14.3. The van der Waals surface area contributed by atoms with Gasteiger partial charge in [-0.3, -0.25) is 19.2 Å². The van der Waals surface area contributed by atoms with Gasteiger partial charge in [-0.2, -0.15) is 0 Å². The molecule has 0 unspecified atom stereocenters. The summed E-state index contributed by atoms with van der Waals surface area (Å²) in [5.74, 6) is -1.76. The van der Waals surface area contributed by atoms with Gasteiger partial charge in [0.25, 0.3) is 0 Å². The molecule has 0 radical (unpaired) electrons. The summed E-state index contributed by atoms with van der Waals surface area (Å²) in [6.45, 7) is 4.76. The number of nitrogens with one attached hydrogen (secondary N) is 3. The number of aliphatic carboxylic acids is 1. The molecule has 7 N–H and O–H groups in total. The number of nitrogens with zero attached hydrogens (tertiary/aromatic N) is 1. The number of carboxylic acids is 1. The number of benzene rings is 3. The average Bonchev–Trinajstić information content (AvgIpc) is 3.50. The Morgan fingerprint density at radius 2 is 1.61 bits per heavy atom. The molecule has 3 aromatic carbocycles. The van der Waals surface area contributed by atoms with E-state index in [4.69, 9.17) is 15.6 Å². The van der Waals surface area contributed by atoms with E-state index < -0.39 is 41.6 Å². The Kier molecular flexibility index (Phi) is 16.0. The molecule has 12 heteroatoms. The van der Waals surface area contributed by atoms with Gasteiger partial charge in [0, 0.05) is 26.1 Å². The monoisotopic (exact) mass is 743 g/mol. The summed E-state index contributed by atoms with van der Waals surface area (Å²) in [4.78, 5) is 55.1. The van der Waals surface area contributed by atoms with Crippen LogP contribution in [0.15, 0.2) is 84.9 Å². The number of likely N-dealkylation sites (tertiary alicyclic amines) is 1. The van der Waals surface area contributed by atoms with Gasteiger partial charge in [0.05, 0.1) is 25.3 Å². The number of methoxy groups -OCH3 is 1. The minimum absolute atomic E-state index is 0.110. The molecular weight excluding hydrogens is 686 g/mol. The first-order valence-electron chi connectivity index (χ1n) is 19.0. The van der Waals surface area contributed by atoms with Crippen LogP contribution < -0.4 is 26.4 Å². The Morgan fingerprint density at radius 3 is 2.26 bits per heavy atom. The minimum atomic E-state index is -1.28. The molecule has 292 valence electrons. The maximum atomic E-state index is 14.6. The number of rotatable bonds is 22. The zero-order valence-corrected chi connectivity index (χ0v) is 31.7. The van der Waals surface area contributed by atoms with Gasteiger partial charge in [0.1, 0.15) is 17.3 Å². The number of hydrogen-bond donors (Lipinski definition) is 6. The maximum Gasteiger partial charge on any atom is 0.303 e. The van der Waals surface area contributed by atoms with Crippen LogP contribution in [-0.4, -0.2) is 88.8 Å². The Bertz CT molecular complexity index is 1660. The van der Waals surface area contributed by atoms with Crippen molar-refractivity contribution in [2.75, 3.05) is 20.2 Å².